The predicted octanol–water partition coefficient (Wildman–Crippen LogP) is 2.82. The third kappa shape index (κ3) is 2.39. The molecule has 1 aliphatic heterocycles. The van der Waals surface area contributed by atoms with Gasteiger partial charge in [-0.25, -0.2) is 13.2 Å². The summed E-state index contributed by atoms with van der Waals surface area (Å²) in [4.78, 5) is 13.1. The van der Waals surface area contributed by atoms with Gasteiger partial charge in [0.25, 0.3) is 5.91 Å². The van der Waals surface area contributed by atoms with Gasteiger partial charge in [-0.2, -0.15) is 0 Å². The van der Waals surface area contributed by atoms with E-state index in [1.165, 1.54) is 11.0 Å². The Bertz CT molecular complexity index is 446. The van der Waals surface area contributed by atoms with Crippen molar-refractivity contribution in [3.05, 3.63) is 34.6 Å². The summed E-state index contributed by atoms with van der Waals surface area (Å²) in [6, 6.07) is 3.40. The lowest BCUT2D eigenvalue weighted by molar-refractivity contribution is -0.0152. The second-order valence-corrected chi connectivity index (χ2v) is 4.34. The van der Waals surface area contributed by atoms with Gasteiger partial charge >= 0.3 is 0 Å². The summed E-state index contributed by atoms with van der Waals surface area (Å²) in [6.45, 7) is 0.0361. The maximum atomic E-state index is 12.8. The second kappa shape index (κ2) is 4.56. The maximum Gasteiger partial charge on any atom is 0.255 e. The molecule has 1 aromatic carbocycles. The average Bonchev–Trinajstić information content (AvgIpc) is 2.13. The van der Waals surface area contributed by atoms with Crippen LogP contribution in [0.1, 0.15) is 10.4 Å². The number of alkyl halides is 2. The van der Waals surface area contributed by atoms with Gasteiger partial charge in [0.05, 0.1) is 16.5 Å². The van der Waals surface area contributed by atoms with Crippen molar-refractivity contribution in [1.29, 1.82) is 0 Å². The van der Waals surface area contributed by atoms with Gasteiger partial charge in [-0.05, 0) is 18.2 Å². The van der Waals surface area contributed by atoms with Crippen LogP contribution in [0.3, 0.4) is 0 Å². The highest BCUT2D eigenvalue weighted by atomic mass is 35.5. The molecular formula is C11H9ClF3NO. The van der Waals surface area contributed by atoms with Crippen LogP contribution in [0.5, 0.6) is 0 Å². The molecule has 92 valence electrons. The second-order valence-electron chi connectivity index (χ2n) is 3.93. The van der Waals surface area contributed by atoms with E-state index < -0.39 is 24.1 Å². The summed E-state index contributed by atoms with van der Waals surface area (Å²) in [5.74, 6) is -1.74. The van der Waals surface area contributed by atoms with Crippen molar-refractivity contribution < 1.29 is 18.0 Å². The Kier molecular flexibility index (Phi) is 3.28. The first kappa shape index (κ1) is 12.2. The topological polar surface area (TPSA) is 20.3 Å². The first-order chi connectivity index (χ1) is 7.99. The van der Waals surface area contributed by atoms with E-state index in [1.807, 2.05) is 0 Å². The van der Waals surface area contributed by atoms with Crippen molar-refractivity contribution in [1.82, 2.24) is 4.90 Å². The highest BCUT2D eigenvalue weighted by Gasteiger charge is 2.37. The number of benzene rings is 1. The van der Waals surface area contributed by atoms with Crippen LogP contribution in [0.2, 0.25) is 5.02 Å². The summed E-state index contributed by atoms with van der Waals surface area (Å²) in [5, 5.41) is -0.00417. The minimum absolute atomic E-state index is 0.00417. The fraction of sp³-hybridized carbons (Fsp3) is 0.364. The Labute approximate surface area is 101 Å². The Morgan fingerprint density at radius 3 is 2.59 bits per heavy atom. The fourth-order valence-electron chi connectivity index (χ4n) is 1.67. The van der Waals surface area contributed by atoms with E-state index in [0.29, 0.717) is 0 Å². The van der Waals surface area contributed by atoms with Crippen LogP contribution in [0.4, 0.5) is 13.2 Å². The summed E-state index contributed by atoms with van der Waals surface area (Å²) in [6.07, 6.45) is -2.41. The monoisotopic (exact) mass is 263 g/mol. The third-order valence-corrected chi connectivity index (χ3v) is 3.03. The number of nitrogens with zero attached hydrogens (tertiary/aromatic N) is 1. The van der Waals surface area contributed by atoms with E-state index >= 15 is 0 Å². The van der Waals surface area contributed by atoms with E-state index in [0.717, 1.165) is 12.1 Å². The normalized spacial score (nSPS) is 16.2. The van der Waals surface area contributed by atoms with Crippen LogP contribution in [-0.2, 0) is 0 Å². The molecule has 0 unspecified atom stereocenters. The number of rotatable bonds is 2. The van der Waals surface area contributed by atoms with Crippen molar-refractivity contribution in [2.24, 2.45) is 5.92 Å². The van der Waals surface area contributed by atoms with Crippen LogP contribution in [0.25, 0.3) is 0 Å². The molecule has 1 amide bonds. The number of amides is 1. The van der Waals surface area contributed by atoms with Gasteiger partial charge in [-0.1, -0.05) is 11.6 Å². The van der Waals surface area contributed by atoms with Crippen molar-refractivity contribution in [3.63, 3.8) is 0 Å². The van der Waals surface area contributed by atoms with Crippen LogP contribution >= 0.6 is 11.6 Å². The average molecular weight is 264 g/mol. The van der Waals surface area contributed by atoms with Crippen molar-refractivity contribution in [2.75, 3.05) is 13.1 Å². The van der Waals surface area contributed by atoms with E-state index in [2.05, 4.69) is 0 Å². The molecule has 6 heteroatoms. The van der Waals surface area contributed by atoms with E-state index in [-0.39, 0.29) is 23.7 Å². The minimum atomic E-state index is -2.41. The van der Waals surface area contributed by atoms with Crippen LogP contribution in [-0.4, -0.2) is 30.3 Å². The number of likely N-dealkylation sites (tertiary alicyclic amines) is 1. The lowest BCUT2D eigenvalue weighted by Gasteiger charge is -2.38. The van der Waals surface area contributed by atoms with Gasteiger partial charge in [0.15, 0.2) is 0 Å². The maximum absolute atomic E-state index is 12.8. The van der Waals surface area contributed by atoms with E-state index in [1.54, 1.807) is 0 Å². The molecule has 0 radical (unpaired) electrons. The number of carbonyl (C=O) groups is 1. The van der Waals surface area contributed by atoms with Gasteiger partial charge in [-0.15, -0.1) is 0 Å². The first-order valence-electron chi connectivity index (χ1n) is 5.01. The molecule has 0 atom stereocenters. The standard InChI is InChI=1S/C11H9ClF3NO/c12-9-3-7(13)1-2-8(9)11(17)16-4-6(5-16)10(14)15/h1-3,6,10H,4-5H2. The number of hydrogen-bond donors (Lipinski definition) is 0. The largest absolute Gasteiger partial charge is 0.337 e. The SMILES string of the molecule is O=C(c1ccc(F)cc1Cl)N1CC(C(F)F)C1. The summed E-state index contributed by atoms with van der Waals surface area (Å²) >= 11 is 5.71. The molecule has 0 N–H and O–H groups in total. The van der Waals surface area contributed by atoms with Crippen LogP contribution < -0.4 is 0 Å². The summed E-state index contributed by atoms with van der Waals surface area (Å²) in [7, 11) is 0. The Hall–Kier alpha value is -1.23. The van der Waals surface area contributed by atoms with Gasteiger partial charge in [0.2, 0.25) is 6.43 Å². The lowest BCUT2D eigenvalue weighted by atomic mass is 9.99. The van der Waals surface area contributed by atoms with Crippen molar-refractivity contribution in [2.45, 2.75) is 6.43 Å². The van der Waals surface area contributed by atoms with Gasteiger partial charge in [-0.3, -0.25) is 4.79 Å². The zero-order valence-electron chi connectivity index (χ0n) is 8.67. The van der Waals surface area contributed by atoms with Gasteiger partial charge in [0.1, 0.15) is 5.82 Å². The molecular weight excluding hydrogens is 255 g/mol. The number of halogens is 4. The third-order valence-electron chi connectivity index (χ3n) is 2.71. The molecule has 1 heterocycles. The van der Waals surface area contributed by atoms with Crippen molar-refractivity contribution in [3.8, 4) is 0 Å². The molecule has 0 saturated carbocycles. The molecule has 0 bridgehead atoms. The smallest absolute Gasteiger partial charge is 0.255 e. The molecule has 0 spiro atoms. The molecule has 0 aromatic heterocycles. The fourth-order valence-corrected chi connectivity index (χ4v) is 1.92. The molecule has 2 nitrogen and oxygen atoms in total. The van der Waals surface area contributed by atoms with Gasteiger partial charge < -0.3 is 4.90 Å². The molecule has 17 heavy (non-hydrogen) atoms. The zero-order chi connectivity index (χ0) is 12.6. The first-order valence-corrected chi connectivity index (χ1v) is 5.39. The van der Waals surface area contributed by atoms with Crippen molar-refractivity contribution >= 4 is 17.5 Å². The number of hydrogen-bond acceptors (Lipinski definition) is 1. The van der Waals surface area contributed by atoms with Crippen LogP contribution in [0, 0.1) is 11.7 Å². The van der Waals surface area contributed by atoms with Crippen LogP contribution in [0.15, 0.2) is 18.2 Å². The number of carbonyl (C=O) groups excluding carboxylic acids is 1. The molecule has 1 saturated heterocycles. The van der Waals surface area contributed by atoms with Gasteiger partial charge in [0, 0.05) is 13.1 Å². The zero-order valence-corrected chi connectivity index (χ0v) is 9.42. The van der Waals surface area contributed by atoms with E-state index in [9.17, 15) is 18.0 Å². The molecule has 1 aromatic rings. The summed E-state index contributed by atoms with van der Waals surface area (Å²) < 4.78 is 37.2. The highest BCUT2D eigenvalue weighted by molar-refractivity contribution is 6.33. The molecule has 1 aliphatic rings. The van der Waals surface area contributed by atoms with E-state index in [4.69, 9.17) is 11.6 Å². The predicted molar refractivity (Wildman–Crippen MR) is 56.8 cm³/mol. The molecule has 1 fully saturated rings. The Balaban J connectivity index is 2.07. The molecule has 2 rings (SSSR count). The summed E-state index contributed by atoms with van der Waals surface area (Å²) in [5.41, 5.74) is 0.140. The minimum Gasteiger partial charge on any atom is -0.337 e. The molecule has 0 aliphatic carbocycles. The Morgan fingerprint density at radius 2 is 2.06 bits per heavy atom. The highest BCUT2D eigenvalue weighted by Crippen LogP contribution is 2.26. The lowest BCUT2D eigenvalue weighted by Crippen LogP contribution is -2.52. The quantitative estimate of drug-likeness (QED) is 0.803. The Morgan fingerprint density at radius 1 is 1.41 bits per heavy atom.